The topological polar surface area (TPSA) is 56.1 Å². The number of hydrogen-bond donors (Lipinski definition) is 0. The SMILES string of the molecule is CN(Cc1ccccn1)C1CCCN(c2cccc(C#N)n2)CC1. The van der Waals surface area contributed by atoms with Crippen molar-refractivity contribution >= 4 is 5.82 Å². The van der Waals surface area contributed by atoms with Crippen molar-refractivity contribution in [1.29, 1.82) is 5.26 Å². The molecule has 5 heteroatoms. The van der Waals surface area contributed by atoms with Gasteiger partial charge in [0.05, 0.1) is 5.69 Å². The predicted octanol–water partition coefficient (Wildman–Crippen LogP) is 2.84. The normalized spacial score (nSPS) is 18.2. The molecule has 1 saturated heterocycles. The molecule has 0 saturated carbocycles. The first-order chi connectivity index (χ1) is 11.8. The third-order valence-electron chi connectivity index (χ3n) is 4.63. The van der Waals surface area contributed by atoms with E-state index in [4.69, 9.17) is 5.26 Å². The van der Waals surface area contributed by atoms with Crippen LogP contribution < -0.4 is 4.90 Å². The van der Waals surface area contributed by atoms with Gasteiger partial charge in [-0.1, -0.05) is 12.1 Å². The van der Waals surface area contributed by atoms with E-state index in [2.05, 4.69) is 39.0 Å². The fraction of sp³-hybridized carbons (Fsp3) is 0.421. The van der Waals surface area contributed by atoms with Crippen molar-refractivity contribution in [3.05, 3.63) is 54.0 Å². The minimum Gasteiger partial charge on any atom is -0.357 e. The second-order valence-corrected chi connectivity index (χ2v) is 6.30. The Balaban J connectivity index is 1.61. The van der Waals surface area contributed by atoms with Crippen molar-refractivity contribution in [1.82, 2.24) is 14.9 Å². The first-order valence-electron chi connectivity index (χ1n) is 8.48. The molecule has 0 radical (unpaired) electrons. The summed E-state index contributed by atoms with van der Waals surface area (Å²) in [4.78, 5) is 13.6. The van der Waals surface area contributed by atoms with Gasteiger partial charge in [0.1, 0.15) is 17.6 Å². The van der Waals surface area contributed by atoms with Crippen LogP contribution >= 0.6 is 0 Å². The first-order valence-corrected chi connectivity index (χ1v) is 8.48. The number of nitriles is 1. The number of anilines is 1. The molecule has 1 atom stereocenters. The molecule has 1 unspecified atom stereocenters. The molecule has 0 amide bonds. The molecule has 2 aromatic rings. The Morgan fingerprint density at radius 3 is 2.92 bits per heavy atom. The van der Waals surface area contributed by atoms with E-state index in [9.17, 15) is 0 Å². The Bertz CT molecular complexity index is 694. The van der Waals surface area contributed by atoms with Gasteiger partial charge < -0.3 is 4.90 Å². The van der Waals surface area contributed by atoms with E-state index in [1.165, 1.54) is 6.42 Å². The van der Waals surface area contributed by atoms with Gasteiger partial charge >= 0.3 is 0 Å². The lowest BCUT2D eigenvalue weighted by molar-refractivity contribution is 0.215. The average molecular weight is 321 g/mol. The van der Waals surface area contributed by atoms with Gasteiger partial charge in [0.2, 0.25) is 0 Å². The Kier molecular flexibility index (Phi) is 5.39. The molecule has 2 aromatic heterocycles. The molecule has 0 N–H and O–H groups in total. The third-order valence-corrected chi connectivity index (χ3v) is 4.63. The second kappa shape index (κ2) is 7.89. The summed E-state index contributed by atoms with van der Waals surface area (Å²) in [5.74, 6) is 0.919. The summed E-state index contributed by atoms with van der Waals surface area (Å²) in [6.07, 6.45) is 5.26. The van der Waals surface area contributed by atoms with Gasteiger partial charge in [-0.3, -0.25) is 9.88 Å². The smallest absolute Gasteiger partial charge is 0.142 e. The molecule has 0 bridgehead atoms. The van der Waals surface area contributed by atoms with Crippen molar-refractivity contribution in [2.75, 3.05) is 25.0 Å². The van der Waals surface area contributed by atoms with Crippen molar-refractivity contribution < 1.29 is 0 Å². The van der Waals surface area contributed by atoms with Crippen LogP contribution in [0.5, 0.6) is 0 Å². The maximum atomic E-state index is 9.03. The summed E-state index contributed by atoms with van der Waals surface area (Å²) in [6.45, 7) is 2.85. The van der Waals surface area contributed by atoms with E-state index < -0.39 is 0 Å². The average Bonchev–Trinajstić information content (AvgIpc) is 2.89. The maximum Gasteiger partial charge on any atom is 0.142 e. The minimum absolute atomic E-state index is 0.487. The van der Waals surface area contributed by atoms with Gasteiger partial charge in [-0.25, -0.2) is 4.98 Å². The van der Waals surface area contributed by atoms with Gasteiger partial charge in [-0.2, -0.15) is 5.26 Å². The van der Waals surface area contributed by atoms with Crippen LogP contribution in [-0.2, 0) is 6.54 Å². The van der Waals surface area contributed by atoms with Crippen molar-refractivity contribution in [3.8, 4) is 6.07 Å². The van der Waals surface area contributed by atoms with Crippen molar-refractivity contribution in [2.45, 2.75) is 31.8 Å². The van der Waals surface area contributed by atoms with Crippen molar-refractivity contribution in [2.24, 2.45) is 0 Å². The number of pyridine rings is 2. The highest BCUT2D eigenvalue weighted by molar-refractivity contribution is 5.41. The van der Waals surface area contributed by atoms with Gasteiger partial charge in [0.25, 0.3) is 0 Å². The maximum absolute atomic E-state index is 9.03. The molecule has 0 spiro atoms. The van der Waals surface area contributed by atoms with Gasteiger partial charge in [-0.15, -0.1) is 0 Å². The summed E-state index contributed by atoms with van der Waals surface area (Å²) >= 11 is 0. The van der Waals surface area contributed by atoms with Gasteiger partial charge in [0.15, 0.2) is 0 Å². The molecule has 24 heavy (non-hydrogen) atoms. The standard InChI is InChI=1S/C19H23N5/c1-23(15-17-6-2-3-11-21-17)18-8-5-12-24(13-10-18)19-9-4-7-16(14-20)22-19/h2-4,6-7,9,11,18H,5,8,10,12-13,15H2,1H3. The van der Waals surface area contributed by atoms with Crippen LogP contribution in [0.25, 0.3) is 0 Å². The van der Waals surface area contributed by atoms with E-state index in [0.29, 0.717) is 11.7 Å². The highest BCUT2D eigenvalue weighted by atomic mass is 15.2. The van der Waals surface area contributed by atoms with Crippen molar-refractivity contribution in [3.63, 3.8) is 0 Å². The Labute approximate surface area is 143 Å². The largest absolute Gasteiger partial charge is 0.357 e. The van der Waals surface area contributed by atoms with Crippen LogP contribution in [0.2, 0.25) is 0 Å². The zero-order valence-electron chi connectivity index (χ0n) is 14.1. The van der Waals surface area contributed by atoms with Crippen LogP contribution in [0.4, 0.5) is 5.82 Å². The number of hydrogen-bond acceptors (Lipinski definition) is 5. The lowest BCUT2D eigenvalue weighted by Gasteiger charge is -2.27. The molecular formula is C19H23N5. The monoisotopic (exact) mass is 321 g/mol. The highest BCUT2D eigenvalue weighted by Gasteiger charge is 2.21. The lowest BCUT2D eigenvalue weighted by Crippen LogP contribution is -2.33. The fourth-order valence-corrected chi connectivity index (χ4v) is 3.29. The molecule has 3 heterocycles. The van der Waals surface area contributed by atoms with Crippen LogP contribution in [0, 0.1) is 11.3 Å². The van der Waals surface area contributed by atoms with E-state index in [1.807, 2.05) is 30.5 Å². The quantitative estimate of drug-likeness (QED) is 0.867. The number of rotatable bonds is 4. The third kappa shape index (κ3) is 4.09. The summed E-state index contributed by atoms with van der Waals surface area (Å²) in [7, 11) is 2.18. The number of nitrogens with zero attached hydrogens (tertiary/aromatic N) is 5. The first kappa shape index (κ1) is 16.4. The molecule has 5 nitrogen and oxygen atoms in total. The summed E-state index contributed by atoms with van der Waals surface area (Å²) < 4.78 is 0. The zero-order valence-corrected chi connectivity index (χ0v) is 14.1. The summed E-state index contributed by atoms with van der Waals surface area (Å²) in [6, 6.07) is 14.4. The second-order valence-electron chi connectivity index (χ2n) is 6.30. The van der Waals surface area contributed by atoms with E-state index in [0.717, 1.165) is 44.0 Å². The molecule has 1 fully saturated rings. The lowest BCUT2D eigenvalue weighted by atomic mass is 10.1. The van der Waals surface area contributed by atoms with Crippen LogP contribution in [0.15, 0.2) is 42.6 Å². The van der Waals surface area contributed by atoms with Crippen LogP contribution in [0.1, 0.15) is 30.7 Å². The minimum atomic E-state index is 0.487. The van der Waals surface area contributed by atoms with E-state index in [1.54, 1.807) is 6.07 Å². The molecular weight excluding hydrogens is 298 g/mol. The molecule has 0 aliphatic carbocycles. The molecule has 124 valence electrons. The number of aromatic nitrogens is 2. The predicted molar refractivity (Wildman–Crippen MR) is 94.5 cm³/mol. The summed E-state index contributed by atoms with van der Waals surface area (Å²) in [5.41, 5.74) is 1.60. The fourth-order valence-electron chi connectivity index (χ4n) is 3.29. The Morgan fingerprint density at radius 1 is 1.21 bits per heavy atom. The molecule has 1 aliphatic heterocycles. The van der Waals surface area contributed by atoms with Crippen LogP contribution in [0.3, 0.4) is 0 Å². The van der Waals surface area contributed by atoms with Crippen LogP contribution in [-0.4, -0.2) is 41.0 Å². The Hall–Kier alpha value is -2.45. The zero-order chi connectivity index (χ0) is 16.8. The highest BCUT2D eigenvalue weighted by Crippen LogP contribution is 2.21. The van der Waals surface area contributed by atoms with Gasteiger partial charge in [0, 0.05) is 31.9 Å². The van der Waals surface area contributed by atoms with E-state index >= 15 is 0 Å². The molecule has 3 rings (SSSR count). The molecule has 1 aliphatic rings. The molecule has 0 aromatic carbocycles. The van der Waals surface area contributed by atoms with Gasteiger partial charge in [-0.05, 0) is 50.6 Å². The summed E-state index contributed by atoms with van der Waals surface area (Å²) in [5, 5.41) is 9.03. The van der Waals surface area contributed by atoms with E-state index in [-0.39, 0.29) is 0 Å². The Morgan fingerprint density at radius 2 is 2.12 bits per heavy atom.